The first kappa shape index (κ1) is 23.0. The van der Waals surface area contributed by atoms with E-state index in [-0.39, 0.29) is 0 Å². The fraction of sp³-hybridized carbons (Fsp3) is 0.321. The van der Waals surface area contributed by atoms with Crippen LogP contribution in [-0.4, -0.2) is 36.4 Å². The molecule has 1 heterocycles. The van der Waals surface area contributed by atoms with E-state index in [4.69, 9.17) is 4.42 Å². The Kier molecular flexibility index (Phi) is 6.82. The van der Waals surface area contributed by atoms with Gasteiger partial charge in [0.05, 0.1) is 6.07 Å². The highest BCUT2D eigenvalue weighted by Crippen LogP contribution is 2.42. The number of hydrogen-bond donors (Lipinski definition) is 2. The Bertz CT molecular complexity index is 1300. The first-order chi connectivity index (χ1) is 16.0. The minimum atomic E-state index is -1.56. The fourth-order valence-corrected chi connectivity index (χ4v) is 4.68. The van der Waals surface area contributed by atoms with Crippen LogP contribution in [0.25, 0.3) is 33.4 Å². The van der Waals surface area contributed by atoms with Gasteiger partial charge in [0.25, 0.3) is 0 Å². The van der Waals surface area contributed by atoms with Gasteiger partial charge in [-0.05, 0) is 51.5 Å². The van der Waals surface area contributed by atoms with Crippen LogP contribution < -0.4 is 14.8 Å². The minimum Gasteiger partial charge on any atom is -0.456 e. The van der Waals surface area contributed by atoms with Crippen molar-refractivity contribution in [1.82, 2.24) is 4.58 Å². The molecule has 5 heteroatoms. The van der Waals surface area contributed by atoms with Crippen LogP contribution >= 0.6 is 0 Å². The average Bonchev–Trinajstić information content (AvgIpc) is 2.84. The van der Waals surface area contributed by atoms with Gasteiger partial charge in [0, 0.05) is 53.0 Å². The first-order valence-corrected chi connectivity index (χ1v) is 11.8. The summed E-state index contributed by atoms with van der Waals surface area (Å²) in [5.41, 5.74) is 5.06. The summed E-state index contributed by atoms with van der Waals surface area (Å²) in [5.74, 6) is 0.779. The molecule has 0 atom stereocenters. The molecular weight excluding hydrogens is 412 g/mol. The zero-order valence-corrected chi connectivity index (χ0v) is 19.9. The monoisotopic (exact) mass is 445 g/mol. The molecule has 33 heavy (non-hydrogen) atoms. The standard InChI is InChI=1S/C28H33N2O3/c1-5-29(6-2)19-13-15-23-25(17-19)33-26-18-20(30(7-3)8-4)14-16-24(26)27(23)21-11-9-10-12-22(21)28(31)32/h9-18,28,31-32H,5-8H2,1-4H3/q+1. The number of rotatable bonds is 7. The van der Waals surface area contributed by atoms with E-state index in [2.05, 4.69) is 73.6 Å². The fourth-order valence-electron chi connectivity index (χ4n) is 4.68. The third-order valence-electron chi connectivity index (χ3n) is 6.45. The van der Waals surface area contributed by atoms with Crippen LogP contribution in [0.4, 0.5) is 5.69 Å². The smallest absolute Gasteiger partial charge is 0.203 e. The summed E-state index contributed by atoms with van der Waals surface area (Å²) in [7, 11) is 0. The normalized spacial score (nSPS) is 11.5. The van der Waals surface area contributed by atoms with Crippen LogP contribution in [0.15, 0.2) is 65.1 Å². The summed E-state index contributed by atoms with van der Waals surface area (Å²) in [6.45, 7) is 12.2. The van der Waals surface area contributed by atoms with Crippen molar-refractivity contribution >= 4 is 16.7 Å². The van der Waals surface area contributed by atoms with E-state index in [1.807, 2.05) is 18.2 Å². The van der Waals surface area contributed by atoms with Crippen molar-refractivity contribution in [3.8, 4) is 22.5 Å². The van der Waals surface area contributed by atoms with Gasteiger partial charge in [-0.2, -0.15) is 0 Å². The maximum Gasteiger partial charge on any atom is 0.203 e. The van der Waals surface area contributed by atoms with E-state index in [0.717, 1.165) is 70.6 Å². The molecule has 172 valence electrons. The lowest BCUT2D eigenvalue weighted by atomic mass is 9.90. The van der Waals surface area contributed by atoms with Gasteiger partial charge >= 0.3 is 0 Å². The lowest BCUT2D eigenvalue weighted by Crippen LogP contribution is -2.29. The largest absolute Gasteiger partial charge is 0.456 e. The van der Waals surface area contributed by atoms with E-state index >= 15 is 0 Å². The Balaban J connectivity index is 2.12. The maximum absolute atomic E-state index is 10.1. The van der Waals surface area contributed by atoms with E-state index in [0.29, 0.717) is 5.56 Å². The highest BCUT2D eigenvalue weighted by molar-refractivity contribution is 6.03. The highest BCUT2D eigenvalue weighted by Gasteiger charge is 2.22. The predicted molar refractivity (Wildman–Crippen MR) is 135 cm³/mol. The van der Waals surface area contributed by atoms with Gasteiger partial charge in [0.2, 0.25) is 5.36 Å². The molecule has 1 aliphatic heterocycles. The van der Waals surface area contributed by atoms with Crippen LogP contribution in [0.5, 0.6) is 0 Å². The summed E-state index contributed by atoms with van der Waals surface area (Å²) in [4.78, 5) is 2.29. The molecule has 0 saturated carbocycles. The molecule has 0 radical (unpaired) electrons. The zero-order chi connectivity index (χ0) is 23.5. The highest BCUT2D eigenvalue weighted by atomic mass is 16.5. The van der Waals surface area contributed by atoms with Crippen LogP contribution in [0, 0.1) is 0 Å². The third kappa shape index (κ3) is 4.26. The van der Waals surface area contributed by atoms with Gasteiger partial charge < -0.3 is 19.5 Å². The molecule has 2 N–H and O–H groups in total. The molecule has 0 bridgehead atoms. The molecule has 0 fully saturated rings. The Hall–Kier alpha value is -3.15. The van der Waals surface area contributed by atoms with Crippen LogP contribution in [0.1, 0.15) is 39.5 Å². The molecule has 5 nitrogen and oxygen atoms in total. The Morgan fingerprint density at radius 2 is 1.58 bits per heavy atom. The number of aliphatic hydroxyl groups is 2. The number of anilines is 1. The second-order valence-electron chi connectivity index (χ2n) is 8.14. The second kappa shape index (κ2) is 9.77. The molecule has 0 aromatic heterocycles. The predicted octanol–water partition coefficient (Wildman–Crippen LogP) is 4.85. The molecule has 1 aliphatic carbocycles. The van der Waals surface area contributed by atoms with Gasteiger partial charge in [-0.3, -0.25) is 0 Å². The maximum atomic E-state index is 10.1. The summed E-state index contributed by atoms with van der Waals surface area (Å²) < 4.78 is 8.78. The van der Waals surface area contributed by atoms with Crippen LogP contribution in [-0.2, 0) is 0 Å². The second-order valence-corrected chi connectivity index (χ2v) is 8.14. The molecule has 0 spiro atoms. The number of hydrogen-bond acceptors (Lipinski definition) is 4. The molecule has 0 amide bonds. The Morgan fingerprint density at radius 3 is 2.24 bits per heavy atom. The molecule has 4 rings (SSSR count). The van der Waals surface area contributed by atoms with Gasteiger partial charge in [0.1, 0.15) is 24.4 Å². The summed E-state index contributed by atoms with van der Waals surface area (Å²) in [6, 6.07) is 20.0. The van der Waals surface area contributed by atoms with Crippen LogP contribution in [0.3, 0.4) is 0 Å². The van der Waals surface area contributed by atoms with Crippen molar-refractivity contribution in [3.05, 3.63) is 71.6 Å². The van der Waals surface area contributed by atoms with E-state index < -0.39 is 6.29 Å². The van der Waals surface area contributed by atoms with Gasteiger partial charge in [0.15, 0.2) is 6.29 Å². The molecule has 2 aromatic rings. The van der Waals surface area contributed by atoms with E-state index in [9.17, 15) is 10.2 Å². The van der Waals surface area contributed by atoms with Crippen LogP contribution in [0.2, 0.25) is 0 Å². The van der Waals surface area contributed by atoms with Crippen molar-refractivity contribution in [2.24, 2.45) is 0 Å². The number of aliphatic hydroxyl groups excluding tert-OH is 1. The van der Waals surface area contributed by atoms with Crippen molar-refractivity contribution < 1.29 is 14.6 Å². The van der Waals surface area contributed by atoms with Crippen molar-refractivity contribution in [1.29, 1.82) is 0 Å². The van der Waals surface area contributed by atoms with Crippen molar-refractivity contribution in [2.45, 2.75) is 34.0 Å². The zero-order valence-electron chi connectivity index (χ0n) is 19.9. The molecule has 2 aromatic carbocycles. The summed E-state index contributed by atoms with van der Waals surface area (Å²) in [5, 5.41) is 22.2. The lowest BCUT2D eigenvalue weighted by molar-refractivity contribution is -0.0420. The van der Waals surface area contributed by atoms with Gasteiger partial charge in [-0.1, -0.05) is 24.3 Å². The third-order valence-corrected chi connectivity index (χ3v) is 6.45. The van der Waals surface area contributed by atoms with Crippen molar-refractivity contribution in [2.75, 3.05) is 31.1 Å². The van der Waals surface area contributed by atoms with Gasteiger partial charge in [-0.25, -0.2) is 4.58 Å². The molecule has 0 saturated heterocycles. The molecular formula is C28H33N2O3+. The number of benzene rings is 3. The summed E-state index contributed by atoms with van der Waals surface area (Å²) in [6.07, 6.45) is -1.56. The molecule has 2 aliphatic rings. The Labute approximate surface area is 195 Å². The van der Waals surface area contributed by atoms with Gasteiger partial charge in [-0.15, -0.1) is 0 Å². The summed E-state index contributed by atoms with van der Waals surface area (Å²) >= 11 is 0. The Morgan fingerprint density at radius 1 is 0.848 bits per heavy atom. The quantitative estimate of drug-likeness (QED) is 0.243. The topological polar surface area (TPSA) is 59.9 Å². The molecule has 0 unspecified atom stereocenters. The first-order valence-electron chi connectivity index (χ1n) is 11.8. The van der Waals surface area contributed by atoms with E-state index in [1.54, 1.807) is 6.07 Å². The van der Waals surface area contributed by atoms with E-state index in [1.165, 1.54) is 0 Å². The average molecular weight is 446 g/mol. The number of fused-ring (bicyclic) bond motifs is 2. The lowest BCUT2D eigenvalue weighted by Gasteiger charge is -2.23. The van der Waals surface area contributed by atoms with Crippen molar-refractivity contribution in [3.63, 3.8) is 0 Å². The minimum absolute atomic E-state index is 0.479. The SMILES string of the molecule is CCN(CC)c1ccc2c(-c3ccccc3C(O)O)c3ccc(=[N+](CC)CC)cc-3oc2c1. The number of nitrogens with zero attached hydrogens (tertiary/aromatic N) is 2.